The van der Waals surface area contributed by atoms with Crippen molar-refractivity contribution in [2.75, 3.05) is 38.3 Å². The van der Waals surface area contributed by atoms with Crippen LogP contribution in [0.5, 0.6) is 0 Å². The standard InChI is InChI=1S/C21H24ClN3O7S2/c1-3-13-15(25-9-10-32-12-19(25)26)5-4-6-17(13)34(29,30)24-14(21(28)31-2)11-23-20(27)16-7-8-18(22)33-16/h4-8,14,24H,3,9-12H2,1-2H3,(H,23,27). The average Bonchev–Trinajstić information content (AvgIpc) is 3.27. The number of carbonyl (C=O) groups excluding carboxylic acids is 3. The summed E-state index contributed by atoms with van der Waals surface area (Å²) >= 11 is 6.89. The molecule has 3 rings (SSSR count). The van der Waals surface area contributed by atoms with Crippen LogP contribution >= 0.6 is 22.9 Å². The molecule has 1 saturated heterocycles. The van der Waals surface area contributed by atoms with Gasteiger partial charge in [0, 0.05) is 18.8 Å². The summed E-state index contributed by atoms with van der Waals surface area (Å²) in [4.78, 5) is 38.7. The molecule has 1 unspecified atom stereocenters. The molecule has 13 heteroatoms. The van der Waals surface area contributed by atoms with E-state index in [0.29, 0.717) is 40.0 Å². The third kappa shape index (κ3) is 5.94. The summed E-state index contributed by atoms with van der Waals surface area (Å²) in [5.74, 6) is -1.65. The molecule has 0 saturated carbocycles. The molecule has 2 heterocycles. The number of rotatable bonds is 9. The minimum absolute atomic E-state index is 0.0722. The van der Waals surface area contributed by atoms with Crippen LogP contribution in [0.2, 0.25) is 4.34 Å². The third-order valence-electron chi connectivity index (χ3n) is 5.07. The zero-order valence-electron chi connectivity index (χ0n) is 18.5. The lowest BCUT2D eigenvalue weighted by molar-refractivity contribution is -0.142. The largest absolute Gasteiger partial charge is 0.468 e. The van der Waals surface area contributed by atoms with Crippen molar-refractivity contribution in [3.63, 3.8) is 0 Å². The first-order valence-corrected chi connectivity index (χ1v) is 13.0. The summed E-state index contributed by atoms with van der Waals surface area (Å²) < 4.78 is 39.2. The summed E-state index contributed by atoms with van der Waals surface area (Å²) in [6.07, 6.45) is 0.315. The molecule has 2 N–H and O–H groups in total. The van der Waals surface area contributed by atoms with Gasteiger partial charge in [0.05, 0.1) is 27.8 Å². The molecule has 1 aliphatic rings. The number of carbonyl (C=O) groups is 3. The molecule has 0 bridgehead atoms. The maximum absolute atomic E-state index is 13.3. The number of thiophene rings is 1. The molecule has 34 heavy (non-hydrogen) atoms. The van der Waals surface area contributed by atoms with Gasteiger partial charge >= 0.3 is 5.97 Å². The normalized spacial score (nSPS) is 15.1. The van der Waals surface area contributed by atoms with Gasteiger partial charge in [-0.1, -0.05) is 24.6 Å². The highest BCUT2D eigenvalue weighted by molar-refractivity contribution is 7.89. The maximum Gasteiger partial charge on any atom is 0.325 e. The van der Waals surface area contributed by atoms with E-state index in [1.54, 1.807) is 19.1 Å². The number of hydrogen-bond acceptors (Lipinski definition) is 8. The molecule has 0 radical (unpaired) electrons. The third-order valence-corrected chi connectivity index (χ3v) is 7.86. The minimum atomic E-state index is -4.23. The van der Waals surface area contributed by atoms with Crippen LogP contribution in [0.15, 0.2) is 35.2 Å². The van der Waals surface area contributed by atoms with Crippen molar-refractivity contribution in [3.05, 3.63) is 45.1 Å². The van der Waals surface area contributed by atoms with Gasteiger partial charge in [-0.2, -0.15) is 4.72 Å². The summed E-state index contributed by atoms with van der Waals surface area (Å²) in [7, 11) is -3.12. The summed E-state index contributed by atoms with van der Waals surface area (Å²) in [5, 5.41) is 2.52. The van der Waals surface area contributed by atoms with Gasteiger partial charge in [0.2, 0.25) is 10.0 Å². The van der Waals surface area contributed by atoms with E-state index in [2.05, 4.69) is 10.0 Å². The van der Waals surface area contributed by atoms with Crippen LogP contribution < -0.4 is 14.9 Å². The number of benzene rings is 1. The van der Waals surface area contributed by atoms with E-state index in [-0.39, 0.29) is 24.0 Å². The van der Waals surface area contributed by atoms with E-state index in [4.69, 9.17) is 21.1 Å². The van der Waals surface area contributed by atoms with Crippen LogP contribution in [0.1, 0.15) is 22.2 Å². The van der Waals surface area contributed by atoms with Crippen LogP contribution in [0.25, 0.3) is 0 Å². The average molecular weight is 530 g/mol. The van der Waals surface area contributed by atoms with E-state index < -0.39 is 27.9 Å². The molecule has 184 valence electrons. The van der Waals surface area contributed by atoms with Crippen molar-refractivity contribution in [3.8, 4) is 0 Å². The Morgan fingerprint density at radius 1 is 1.29 bits per heavy atom. The summed E-state index contributed by atoms with van der Waals surface area (Å²) in [5.41, 5.74) is 0.891. The van der Waals surface area contributed by atoms with Gasteiger partial charge in [-0.25, -0.2) is 8.42 Å². The second kappa shape index (κ2) is 11.3. The predicted octanol–water partition coefficient (Wildman–Crippen LogP) is 1.58. The Hall–Kier alpha value is -2.51. The van der Waals surface area contributed by atoms with E-state index in [1.165, 1.54) is 23.1 Å². The molecule has 10 nitrogen and oxygen atoms in total. The highest BCUT2D eigenvalue weighted by Gasteiger charge is 2.31. The van der Waals surface area contributed by atoms with Crippen LogP contribution in [0, 0.1) is 0 Å². The van der Waals surface area contributed by atoms with Crippen molar-refractivity contribution in [1.82, 2.24) is 10.0 Å². The molecular formula is C21H24ClN3O7S2. The second-order valence-electron chi connectivity index (χ2n) is 7.22. The number of methoxy groups -OCH3 is 1. The molecule has 1 aromatic heterocycles. The number of sulfonamides is 1. The maximum atomic E-state index is 13.3. The lowest BCUT2D eigenvalue weighted by Gasteiger charge is -2.29. The molecule has 1 aromatic carbocycles. The van der Waals surface area contributed by atoms with Crippen molar-refractivity contribution in [2.45, 2.75) is 24.3 Å². The lowest BCUT2D eigenvalue weighted by atomic mass is 10.1. The minimum Gasteiger partial charge on any atom is -0.468 e. The zero-order chi connectivity index (χ0) is 24.9. The fraction of sp³-hybridized carbons (Fsp3) is 0.381. The van der Waals surface area contributed by atoms with E-state index in [1.807, 2.05) is 0 Å². The van der Waals surface area contributed by atoms with Gasteiger partial charge in [-0.3, -0.25) is 14.4 Å². The zero-order valence-corrected chi connectivity index (χ0v) is 20.9. The molecule has 0 spiro atoms. The SMILES string of the molecule is CCc1c(N2CCOCC2=O)cccc1S(=O)(=O)NC(CNC(=O)c1ccc(Cl)s1)C(=O)OC. The van der Waals surface area contributed by atoms with Crippen molar-refractivity contribution < 1.29 is 32.3 Å². The number of ether oxygens (including phenoxy) is 2. The number of nitrogens with zero attached hydrogens (tertiary/aromatic N) is 1. The Balaban J connectivity index is 1.85. The van der Waals surface area contributed by atoms with Crippen LogP contribution in [-0.4, -0.2) is 65.7 Å². The summed E-state index contributed by atoms with van der Waals surface area (Å²) in [6.45, 7) is 1.98. The fourth-order valence-corrected chi connectivity index (χ4v) is 5.94. The predicted molar refractivity (Wildman–Crippen MR) is 127 cm³/mol. The van der Waals surface area contributed by atoms with Crippen LogP contribution in [-0.2, 0) is 35.5 Å². The van der Waals surface area contributed by atoms with Crippen LogP contribution in [0.4, 0.5) is 5.69 Å². The number of anilines is 1. The quantitative estimate of drug-likeness (QED) is 0.471. The van der Waals surface area contributed by atoms with E-state index >= 15 is 0 Å². The number of nitrogens with one attached hydrogen (secondary N) is 2. The molecule has 1 aliphatic heterocycles. The Morgan fingerprint density at radius 2 is 2.06 bits per heavy atom. The van der Waals surface area contributed by atoms with Crippen molar-refractivity contribution >= 4 is 56.4 Å². The number of morpholine rings is 1. The fourth-order valence-electron chi connectivity index (χ4n) is 3.47. The topological polar surface area (TPSA) is 131 Å². The Kier molecular flexibility index (Phi) is 8.66. The lowest BCUT2D eigenvalue weighted by Crippen LogP contribution is -2.49. The number of esters is 1. The van der Waals surface area contributed by atoms with Gasteiger partial charge in [0.15, 0.2) is 0 Å². The first-order valence-electron chi connectivity index (χ1n) is 10.3. The number of halogens is 1. The first kappa shape index (κ1) is 26.1. The second-order valence-corrected chi connectivity index (χ2v) is 10.6. The van der Waals surface area contributed by atoms with Gasteiger partial charge in [0.1, 0.15) is 12.6 Å². The summed E-state index contributed by atoms with van der Waals surface area (Å²) in [6, 6.07) is 6.29. The Morgan fingerprint density at radius 3 is 2.68 bits per heavy atom. The molecular weight excluding hydrogens is 506 g/mol. The molecule has 1 atom stereocenters. The van der Waals surface area contributed by atoms with Gasteiger partial charge in [0.25, 0.3) is 11.8 Å². The van der Waals surface area contributed by atoms with E-state index in [9.17, 15) is 22.8 Å². The van der Waals surface area contributed by atoms with Crippen molar-refractivity contribution in [1.29, 1.82) is 0 Å². The highest BCUT2D eigenvalue weighted by Crippen LogP contribution is 2.29. The number of hydrogen-bond donors (Lipinski definition) is 2. The molecule has 0 aliphatic carbocycles. The van der Waals surface area contributed by atoms with Gasteiger partial charge in [-0.15, -0.1) is 11.3 Å². The molecule has 2 aromatic rings. The van der Waals surface area contributed by atoms with Gasteiger partial charge in [-0.05, 0) is 36.2 Å². The molecule has 1 fully saturated rings. The van der Waals surface area contributed by atoms with Crippen molar-refractivity contribution in [2.24, 2.45) is 0 Å². The van der Waals surface area contributed by atoms with Crippen LogP contribution in [0.3, 0.4) is 0 Å². The van der Waals surface area contributed by atoms with E-state index in [0.717, 1.165) is 18.4 Å². The Bertz CT molecular complexity index is 1180. The highest BCUT2D eigenvalue weighted by atomic mass is 35.5. The first-order chi connectivity index (χ1) is 16.2. The van der Waals surface area contributed by atoms with Gasteiger partial charge < -0.3 is 19.7 Å². The Labute approximate surface area is 206 Å². The molecule has 2 amide bonds. The monoisotopic (exact) mass is 529 g/mol. The number of amides is 2. The smallest absolute Gasteiger partial charge is 0.325 e.